The molecular weight excluding hydrogens is 456 g/mol. The Kier molecular flexibility index (Phi) is 8.51. The van der Waals surface area contributed by atoms with Gasteiger partial charge in [0.25, 0.3) is 0 Å². The number of hydrogen-bond donors (Lipinski definition) is 2. The quantitative estimate of drug-likeness (QED) is 0.242. The summed E-state index contributed by atoms with van der Waals surface area (Å²) in [4.78, 5) is 26.9. The Bertz CT molecular complexity index is 1180. The SMILES string of the molecule is C=CC(C(O)CC(=O)Oc1c(C(C)C)cc(-c2ccccc2)nc1-c1ccc(F)cc1)[PH](=O)O. The molecule has 0 aliphatic heterocycles. The van der Waals surface area contributed by atoms with Gasteiger partial charge in [-0.3, -0.25) is 9.36 Å². The highest BCUT2D eigenvalue weighted by atomic mass is 31.1. The van der Waals surface area contributed by atoms with E-state index in [4.69, 9.17) is 9.72 Å². The van der Waals surface area contributed by atoms with E-state index in [0.29, 0.717) is 22.5 Å². The molecule has 0 amide bonds. The number of aliphatic hydroxyl groups is 1. The molecule has 8 heteroatoms. The van der Waals surface area contributed by atoms with Crippen molar-refractivity contribution in [2.45, 2.75) is 37.9 Å². The molecular formula is C26H27FNO5P. The summed E-state index contributed by atoms with van der Waals surface area (Å²) in [5, 5.41) is 10.3. The Balaban J connectivity index is 2.09. The molecule has 1 heterocycles. The smallest absolute Gasteiger partial charge is 0.313 e. The fourth-order valence-electron chi connectivity index (χ4n) is 3.53. The predicted octanol–water partition coefficient (Wildman–Crippen LogP) is 5.36. The summed E-state index contributed by atoms with van der Waals surface area (Å²) in [6.07, 6.45) is -0.775. The molecule has 3 rings (SSSR count). The van der Waals surface area contributed by atoms with E-state index in [9.17, 15) is 23.7 Å². The molecule has 6 nitrogen and oxygen atoms in total. The van der Waals surface area contributed by atoms with E-state index in [-0.39, 0.29) is 11.7 Å². The minimum absolute atomic E-state index is 0.0628. The molecule has 0 bridgehead atoms. The number of carbonyl (C=O) groups excluding carboxylic acids is 1. The van der Waals surface area contributed by atoms with Crippen molar-refractivity contribution in [1.82, 2.24) is 4.98 Å². The van der Waals surface area contributed by atoms with Crippen LogP contribution in [0, 0.1) is 5.82 Å². The summed E-state index contributed by atoms with van der Waals surface area (Å²) < 4.78 is 30.7. The fourth-order valence-corrected chi connectivity index (χ4v) is 4.17. The minimum atomic E-state index is -3.13. The number of halogens is 1. The summed E-state index contributed by atoms with van der Waals surface area (Å²) in [5.74, 6) is -1.07. The first-order chi connectivity index (χ1) is 16.2. The van der Waals surface area contributed by atoms with E-state index in [1.165, 1.54) is 12.1 Å². The molecule has 3 atom stereocenters. The second-order valence-corrected chi connectivity index (χ2v) is 9.49. The summed E-state index contributed by atoms with van der Waals surface area (Å²) in [6.45, 7) is 7.33. The number of aliphatic hydroxyl groups excluding tert-OH is 1. The molecule has 0 aliphatic rings. The van der Waals surface area contributed by atoms with Crippen LogP contribution in [-0.2, 0) is 9.36 Å². The molecule has 1 aromatic heterocycles. The molecule has 3 unspecified atom stereocenters. The molecule has 178 valence electrons. The zero-order valence-electron chi connectivity index (χ0n) is 18.9. The average Bonchev–Trinajstić information content (AvgIpc) is 2.80. The van der Waals surface area contributed by atoms with Gasteiger partial charge in [-0.1, -0.05) is 50.3 Å². The Labute approximate surface area is 198 Å². The van der Waals surface area contributed by atoms with Gasteiger partial charge >= 0.3 is 5.97 Å². The summed E-state index contributed by atoms with van der Waals surface area (Å²) >= 11 is 0. The van der Waals surface area contributed by atoms with Crippen molar-refractivity contribution < 1.29 is 28.5 Å². The van der Waals surface area contributed by atoms with Crippen LogP contribution in [0.3, 0.4) is 0 Å². The van der Waals surface area contributed by atoms with Gasteiger partial charge in [0.05, 0.1) is 23.9 Å². The maximum absolute atomic E-state index is 13.6. The number of ether oxygens (including phenoxy) is 1. The monoisotopic (exact) mass is 483 g/mol. The third kappa shape index (κ3) is 6.06. The number of benzene rings is 2. The number of esters is 1. The molecule has 2 aromatic carbocycles. The lowest BCUT2D eigenvalue weighted by Crippen LogP contribution is -2.26. The first kappa shape index (κ1) is 25.5. The van der Waals surface area contributed by atoms with Gasteiger partial charge in [-0.15, -0.1) is 6.58 Å². The van der Waals surface area contributed by atoms with Crippen LogP contribution in [0.2, 0.25) is 0 Å². The van der Waals surface area contributed by atoms with Crippen molar-refractivity contribution in [3.05, 3.63) is 84.7 Å². The van der Waals surface area contributed by atoms with Gasteiger partial charge in [-0.25, -0.2) is 9.37 Å². The highest BCUT2D eigenvalue weighted by Gasteiger charge is 2.27. The lowest BCUT2D eigenvalue weighted by molar-refractivity contribution is -0.136. The molecule has 0 radical (unpaired) electrons. The van der Waals surface area contributed by atoms with E-state index in [2.05, 4.69) is 6.58 Å². The maximum atomic E-state index is 13.6. The van der Waals surface area contributed by atoms with Crippen molar-refractivity contribution in [2.24, 2.45) is 0 Å². The van der Waals surface area contributed by atoms with E-state index in [0.717, 1.165) is 11.6 Å². The van der Waals surface area contributed by atoms with Crippen LogP contribution in [0.1, 0.15) is 31.7 Å². The molecule has 34 heavy (non-hydrogen) atoms. The first-order valence-electron chi connectivity index (χ1n) is 10.8. The zero-order chi connectivity index (χ0) is 24.8. The van der Waals surface area contributed by atoms with E-state index >= 15 is 0 Å². The first-order valence-corrected chi connectivity index (χ1v) is 12.2. The number of carbonyl (C=O) groups is 1. The van der Waals surface area contributed by atoms with Crippen LogP contribution < -0.4 is 4.74 Å². The number of rotatable bonds is 9. The Morgan fingerprint density at radius 3 is 2.35 bits per heavy atom. The average molecular weight is 483 g/mol. The molecule has 2 N–H and O–H groups in total. The number of aromatic nitrogens is 1. The number of nitrogens with zero attached hydrogens (tertiary/aromatic N) is 1. The van der Waals surface area contributed by atoms with Crippen molar-refractivity contribution in [3.8, 4) is 28.3 Å². The van der Waals surface area contributed by atoms with Gasteiger partial charge in [0.15, 0.2) is 13.8 Å². The van der Waals surface area contributed by atoms with Crippen LogP contribution in [0.25, 0.3) is 22.5 Å². The number of hydrogen-bond acceptors (Lipinski definition) is 5. The molecule has 0 saturated heterocycles. The van der Waals surface area contributed by atoms with Crippen LogP contribution in [0.5, 0.6) is 5.75 Å². The fraction of sp³-hybridized carbons (Fsp3) is 0.231. The normalized spacial score (nSPS) is 13.8. The van der Waals surface area contributed by atoms with Gasteiger partial charge in [-0.05, 0) is 36.2 Å². The molecule has 3 aromatic rings. The van der Waals surface area contributed by atoms with Crippen molar-refractivity contribution in [3.63, 3.8) is 0 Å². The maximum Gasteiger partial charge on any atom is 0.313 e. The Morgan fingerprint density at radius 1 is 1.15 bits per heavy atom. The second kappa shape index (κ2) is 11.3. The van der Waals surface area contributed by atoms with Gasteiger partial charge < -0.3 is 14.7 Å². The van der Waals surface area contributed by atoms with E-state index in [1.54, 1.807) is 12.1 Å². The summed E-state index contributed by atoms with van der Waals surface area (Å²) in [7, 11) is -3.13. The van der Waals surface area contributed by atoms with Crippen LogP contribution in [0.15, 0.2) is 73.3 Å². The third-order valence-corrected chi connectivity index (χ3v) is 6.55. The molecule has 0 saturated carbocycles. The van der Waals surface area contributed by atoms with Crippen LogP contribution >= 0.6 is 8.03 Å². The van der Waals surface area contributed by atoms with Crippen molar-refractivity contribution in [1.29, 1.82) is 0 Å². The molecule has 0 aliphatic carbocycles. The highest BCUT2D eigenvalue weighted by molar-refractivity contribution is 7.39. The minimum Gasteiger partial charge on any atom is -0.424 e. The largest absolute Gasteiger partial charge is 0.424 e. The topological polar surface area (TPSA) is 96.7 Å². The molecule has 0 spiro atoms. The van der Waals surface area contributed by atoms with E-state index < -0.39 is 38.0 Å². The number of pyridine rings is 1. The lowest BCUT2D eigenvalue weighted by Gasteiger charge is -2.20. The predicted molar refractivity (Wildman–Crippen MR) is 131 cm³/mol. The summed E-state index contributed by atoms with van der Waals surface area (Å²) in [5.41, 5.74) is 2.00. The van der Waals surface area contributed by atoms with Crippen molar-refractivity contribution >= 4 is 14.0 Å². The standard InChI is InChI=1S/C26H27FNO5P/c1-4-23(34(31)32)22(29)15-24(30)33-26-20(16(2)3)14-21(17-8-6-5-7-9-17)28-25(26)18-10-12-19(27)13-11-18/h4-14,16,22-23,29,34H,1,15H2,2-3H3,(H,31,32). The zero-order valence-corrected chi connectivity index (χ0v) is 19.9. The van der Waals surface area contributed by atoms with Gasteiger partial charge in [0, 0.05) is 16.7 Å². The van der Waals surface area contributed by atoms with Gasteiger partial charge in [0.1, 0.15) is 11.5 Å². The third-order valence-electron chi connectivity index (χ3n) is 5.36. The van der Waals surface area contributed by atoms with Gasteiger partial charge in [0.2, 0.25) is 0 Å². The van der Waals surface area contributed by atoms with Crippen molar-refractivity contribution in [2.75, 3.05) is 0 Å². The Hall–Kier alpha value is -3.12. The Morgan fingerprint density at radius 2 is 1.79 bits per heavy atom. The summed E-state index contributed by atoms with van der Waals surface area (Å²) in [6, 6.07) is 17.0. The van der Waals surface area contributed by atoms with Crippen LogP contribution in [0.4, 0.5) is 4.39 Å². The van der Waals surface area contributed by atoms with Crippen LogP contribution in [-0.4, -0.2) is 32.7 Å². The second-order valence-electron chi connectivity index (χ2n) is 8.15. The highest BCUT2D eigenvalue weighted by Crippen LogP contribution is 2.39. The molecule has 0 fully saturated rings. The van der Waals surface area contributed by atoms with Gasteiger partial charge in [-0.2, -0.15) is 0 Å². The lowest BCUT2D eigenvalue weighted by atomic mass is 9.96. The van der Waals surface area contributed by atoms with E-state index in [1.807, 2.05) is 50.2 Å².